The number of phenols is 1. The first-order chi connectivity index (χ1) is 8.20. The second-order valence-electron chi connectivity index (χ2n) is 4.46. The molecule has 1 aromatic rings. The number of rotatable bonds is 3. The van der Waals surface area contributed by atoms with E-state index in [0.29, 0.717) is 5.02 Å². The summed E-state index contributed by atoms with van der Waals surface area (Å²) in [6, 6.07) is 5.54. The number of halogens is 1. The average Bonchev–Trinajstić information content (AvgIpc) is 2.36. The van der Waals surface area contributed by atoms with Crippen LogP contribution in [0.2, 0.25) is 5.02 Å². The lowest BCUT2D eigenvalue weighted by atomic mass is 10.1. The highest BCUT2D eigenvalue weighted by Gasteiger charge is 2.17. The average molecular weight is 255 g/mol. The predicted molar refractivity (Wildman–Crippen MR) is 70.5 cm³/mol. The van der Waals surface area contributed by atoms with E-state index in [0.717, 1.165) is 44.8 Å². The Labute approximate surface area is 108 Å². The van der Waals surface area contributed by atoms with Crippen molar-refractivity contribution in [1.82, 2.24) is 9.80 Å². The second kappa shape index (κ2) is 5.71. The first kappa shape index (κ1) is 12.7. The van der Waals surface area contributed by atoms with Crippen molar-refractivity contribution in [3.63, 3.8) is 0 Å². The minimum Gasteiger partial charge on any atom is -0.506 e. The van der Waals surface area contributed by atoms with Gasteiger partial charge in [0.15, 0.2) is 0 Å². The van der Waals surface area contributed by atoms with Crippen LogP contribution in [0.4, 0.5) is 0 Å². The lowest BCUT2D eigenvalue weighted by molar-refractivity contribution is 0.131. The van der Waals surface area contributed by atoms with Crippen molar-refractivity contribution >= 4 is 11.6 Å². The number of likely N-dealkylation sites (N-methyl/N-ethyl adjacent to an activating group) is 1. The van der Waals surface area contributed by atoms with Crippen LogP contribution < -0.4 is 0 Å². The number of para-hydroxylation sites is 1. The molecule has 0 aromatic heterocycles. The van der Waals surface area contributed by atoms with Crippen LogP contribution in [-0.4, -0.2) is 47.6 Å². The van der Waals surface area contributed by atoms with Gasteiger partial charge in [-0.05, 0) is 12.6 Å². The molecule has 3 nitrogen and oxygen atoms in total. The first-order valence-corrected chi connectivity index (χ1v) is 6.49. The Bertz CT molecular complexity index is 376. The van der Waals surface area contributed by atoms with Crippen molar-refractivity contribution in [2.75, 3.05) is 32.7 Å². The van der Waals surface area contributed by atoms with Gasteiger partial charge in [0.1, 0.15) is 5.75 Å². The molecule has 0 spiro atoms. The van der Waals surface area contributed by atoms with Crippen molar-refractivity contribution in [2.45, 2.75) is 13.5 Å². The fourth-order valence-corrected chi connectivity index (χ4v) is 2.39. The van der Waals surface area contributed by atoms with Crippen LogP contribution in [-0.2, 0) is 6.54 Å². The molecule has 2 rings (SSSR count). The van der Waals surface area contributed by atoms with Gasteiger partial charge in [-0.1, -0.05) is 30.7 Å². The van der Waals surface area contributed by atoms with Crippen LogP contribution >= 0.6 is 11.6 Å². The quantitative estimate of drug-likeness (QED) is 0.896. The summed E-state index contributed by atoms with van der Waals surface area (Å²) in [4.78, 5) is 4.80. The van der Waals surface area contributed by atoms with E-state index in [1.54, 1.807) is 6.07 Å². The predicted octanol–water partition coefficient (Wildman–Crippen LogP) is 2.18. The van der Waals surface area contributed by atoms with Crippen LogP contribution in [0.3, 0.4) is 0 Å². The number of phenolic OH excluding ortho intramolecular Hbond substituents is 1. The number of aromatic hydroxyl groups is 1. The molecule has 0 aliphatic carbocycles. The molecule has 0 saturated carbocycles. The fourth-order valence-electron chi connectivity index (χ4n) is 2.19. The highest BCUT2D eigenvalue weighted by molar-refractivity contribution is 6.32. The van der Waals surface area contributed by atoms with E-state index in [-0.39, 0.29) is 5.75 Å². The number of benzene rings is 1. The summed E-state index contributed by atoms with van der Waals surface area (Å²) < 4.78 is 0. The molecule has 1 fully saturated rings. The molecule has 1 N–H and O–H groups in total. The normalized spacial score (nSPS) is 18.5. The summed E-state index contributed by atoms with van der Waals surface area (Å²) >= 11 is 5.90. The van der Waals surface area contributed by atoms with Gasteiger partial charge in [-0.3, -0.25) is 4.90 Å². The third kappa shape index (κ3) is 3.12. The standard InChI is InChI=1S/C13H19ClN2O/c1-2-15-6-8-16(9-7-15)10-11-4-3-5-12(14)13(11)17/h3-5,17H,2,6-10H2,1H3. The van der Waals surface area contributed by atoms with Gasteiger partial charge in [0.25, 0.3) is 0 Å². The van der Waals surface area contributed by atoms with E-state index in [1.165, 1.54) is 0 Å². The maximum absolute atomic E-state index is 9.86. The minimum atomic E-state index is 0.229. The van der Waals surface area contributed by atoms with Gasteiger partial charge >= 0.3 is 0 Å². The fraction of sp³-hybridized carbons (Fsp3) is 0.538. The largest absolute Gasteiger partial charge is 0.506 e. The molecular formula is C13H19ClN2O. The molecule has 1 aromatic carbocycles. The monoisotopic (exact) mass is 254 g/mol. The first-order valence-electron chi connectivity index (χ1n) is 6.11. The van der Waals surface area contributed by atoms with Crippen LogP contribution in [0, 0.1) is 0 Å². The van der Waals surface area contributed by atoms with Crippen molar-refractivity contribution < 1.29 is 5.11 Å². The molecule has 94 valence electrons. The van der Waals surface area contributed by atoms with Crippen molar-refractivity contribution in [1.29, 1.82) is 0 Å². The van der Waals surface area contributed by atoms with Crippen LogP contribution in [0.25, 0.3) is 0 Å². The van der Waals surface area contributed by atoms with Crippen LogP contribution in [0.5, 0.6) is 5.75 Å². The Hall–Kier alpha value is -0.770. The van der Waals surface area contributed by atoms with Gasteiger partial charge in [0.05, 0.1) is 5.02 Å². The van der Waals surface area contributed by atoms with Crippen LogP contribution in [0.15, 0.2) is 18.2 Å². The molecule has 17 heavy (non-hydrogen) atoms. The van der Waals surface area contributed by atoms with Crippen molar-refractivity contribution in [3.8, 4) is 5.75 Å². The number of nitrogens with zero attached hydrogens (tertiary/aromatic N) is 2. The van der Waals surface area contributed by atoms with E-state index >= 15 is 0 Å². The van der Waals surface area contributed by atoms with Crippen LogP contribution in [0.1, 0.15) is 12.5 Å². The third-order valence-corrected chi connectivity index (χ3v) is 3.68. The Morgan fingerprint density at radius 2 is 1.82 bits per heavy atom. The van der Waals surface area contributed by atoms with Gasteiger partial charge in [-0.15, -0.1) is 0 Å². The van der Waals surface area contributed by atoms with Gasteiger partial charge in [-0.25, -0.2) is 0 Å². The minimum absolute atomic E-state index is 0.229. The molecule has 0 radical (unpaired) electrons. The summed E-state index contributed by atoms with van der Waals surface area (Å²) in [5.74, 6) is 0.229. The highest BCUT2D eigenvalue weighted by Crippen LogP contribution is 2.28. The topological polar surface area (TPSA) is 26.7 Å². The van der Waals surface area contributed by atoms with Crippen molar-refractivity contribution in [3.05, 3.63) is 28.8 Å². The third-order valence-electron chi connectivity index (χ3n) is 3.38. The zero-order valence-electron chi connectivity index (χ0n) is 10.2. The van der Waals surface area contributed by atoms with E-state index in [4.69, 9.17) is 11.6 Å². The van der Waals surface area contributed by atoms with E-state index in [1.807, 2.05) is 12.1 Å². The molecule has 0 atom stereocenters. The zero-order valence-corrected chi connectivity index (χ0v) is 11.0. The molecule has 0 unspecified atom stereocenters. The summed E-state index contributed by atoms with van der Waals surface area (Å²) in [6.07, 6.45) is 0. The van der Waals surface area contributed by atoms with Gasteiger partial charge < -0.3 is 10.0 Å². The maximum Gasteiger partial charge on any atom is 0.138 e. The van der Waals surface area contributed by atoms with Crippen molar-refractivity contribution in [2.24, 2.45) is 0 Å². The Morgan fingerprint density at radius 1 is 1.18 bits per heavy atom. The lowest BCUT2D eigenvalue weighted by Gasteiger charge is -2.34. The molecule has 0 amide bonds. The van der Waals surface area contributed by atoms with E-state index in [9.17, 15) is 5.11 Å². The number of piperazine rings is 1. The zero-order chi connectivity index (χ0) is 12.3. The number of hydrogen-bond donors (Lipinski definition) is 1. The Morgan fingerprint density at radius 3 is 2.47 bits per heavy atom. The molecule has 4 heteroatoms. The Kier molecular flexibility index (Phi) is 4.26. The summed E-state index contributed by atoms with van der Waals surface area (Å²) in [5, 5.41) is 10.3. The van der Waals surface area contributed by atoms with E-state index in [2.05, 4.69) is 16.7 Å². The smallest absolute Gasteiger partial charge is 0.138 e. The highest BCUT2D eigenvalue weighted by atomic mass is 35.5. The van der Waals surface area contributed by atoms with E-state index < -0.39 is 0 Å². The summed E-state index contributed by atoms with van der Waals surface area (Å²) in [7, 11) is 0. The molecule has 1 aliphatic rings. The van der Waals surface area contributed by atoms with Gasteiger partial charge in [-0.2, -0.15) is 0 Å². The Balaban J connectivity index is 1.95. The molecule has 0 bridgehead atoms. The van der Waals surface area contributed by atoms with Gasteiger partial charge in [0.2, 0.25) is 0 Å². The SMILES string of the molecule is CCN1CCN(Cc2cccc(Cl)c2O)CC1. The van der Waals surface area contributed by atoms with Gasteiger partial charge in [0, 0.05) is 38.3 Å². The molecular weight excluding hydrogens is 236 g/mol. The number of hydrogen-bond acceptors (Lipinski definition) is 3. The maximum atomic E-state index is 9.86. The molecule has 1 heterocycles. The lowest BCUT2D eigenvalue weighted by Crippen LogP contribution is -2.45. The second-order valence-corrected chi connectivity index (χ2v) is 4.87. The summed E-state index contributed by atoms with van der Waals surface area (Å²) in [5.41, 5.74) is 0.919. The summed E-state index contributed by atoms with van der Waals surface area (Å²) in [6.45, 7) is 8.42. The molecule has 1 aliphatic heterocycles. The molecule has 1 saturated heterocycles.